The molecule has 1 aliphatic rings. The molecule has 0 aromatic heterocycles. The SMILES string of the molecule is NC(=O)c1cc(-c2ccccc2)c2c(c1C(N)=O)C(=O)NNNC2=O. The van der Waals surface area contributed by atoms with Gasteiger partial charge in [-0.2, -0.15) is 0 Å². The Morgan fingerprint density at radius 3 is 2.00 bits per heavy atom. The summed E-state index contributed by atoms with van der Waals surface area (Å²) in [7, 11) is 0. The van der Waals surface area contributed by atoms with Crippen molar-refractivity contribution < 1.29 is 19.2 Å². The topological polar surface area (TPSA) is 156 Å². The highest BCUT2D eigenvalue weighted by molar-refractivity contribution is 6.21. The van der Waals surface area contributed by atoms with Crippen LogP contribution in [-0.2, 0) is 0 Å². The van der Waals surface area contributed by atoms with E-state index in [2.05, 4.69) is 16.4 Å². The van der Waals surface area contributed by atoms with Crippen molar-refractivity contribution in [2.45, 2.75) is 0 Å². The first kappa shape index (κ1) is 16.1. The van der Waals surface area contributed by atoms with Crippen LogP contribution in [0.2, 0.25) is 0 Å². The molecule has 25 heavy (non-hydrogen) atoms. The standard InChI is InChI=1S/C16H13N5O4/c17-13(22)9-6-8(7-4-2-1-3-5-7)11-12(10(9)14(18)23)16(25)20-21-19-15(11)24/h1-6,21H,(H2,17,22)(H2,18,23)(H,19,24)(H,20,25). The molecule has 126 valence electrons. The second-order valence-electron chi connectivity index (χ2n) is 5.22. The van der Waals surface area contributed by atoms with E-state index in [4.69, 9.17) is 11.5 Å². The average molecular weight is 339 g/mol. The number of rotatable bonds is 3. The summed E-state index contributed by atoms with van der Waals surface area (Å²) < 4.78 is 0. The molecule has 9 nitrogen and oxygen atoms in total. The molecular weight excluding hydrogens is 326 g/mol. The Kier molecular flexibility index (Phi) is 3.91. The average Bonchev–Trinajstić information content (AvgIpc) is 2.73. The number of nitrogens with one attached hydrogen (secondary N) is 3. The molecule has 2 aromatic carbocycles. The molecule has 0 spiro atoms. The van der Waals surface area contributed by atoms with Gasteiger partial charge < -0.3 is 11.5 Å². The minimum atomic E-state index is -1.05. The molecule has 1 heterocycles. The van der Waals surface area contributed by atoms with Crippen molar-refractivity contribution in [3.05, 3.63) is 58.7 Å². The third kappa shape index (κ3) is 2.68. The Morgan fingerprint density at radius 1 is 0.840 bits per heavy atom. The van der Waals surface area contributed by atoms with Gasteiger partial charge in [-0.1, -0.05) is 30.3 Å². The molecule has 0 unspecified atom stereocenters. The van der Waals surface area contributed by atoms with Crippen LogP contribution in [0, 0.1) is 0 Å². The number of hydrazine groups is 2. The minimum Gasteiger partial charge on any atom is -0.366 e. The zero-order valence-electron chi connectivity index (χ0n) is 12.8. The molecule has 3 rings (SSSR count). The summed E-state index contributed by atoms with van der Waals surface area (Å²) in [5.41, 5.74) is 17.2. The third-order valence-corrected chi connectivity index (χ3v) is 3.73. The zero-order chi connectivity index (χ0) is 18.1. The van der Waals surface area contributed by atoms with E-state index in [9.17, 15) is 19.2 Å². The highest BCUT2D eigenvalue weighted by Crippen LogP contribution is 2.32. The fraction of sp³-hybridized carbons (Fsp3) is 0. The summed E-state index contributed by atoms with van der Waals surface area (Å²) in [6.07, 6.45) is 0. The van der Waals surface area contributed by atoms with Crippen molar-refractivity contribution in [1.82, 2.24) is 16.4 Å². The number of hydrogen-bond donors (Lipinski definition) is 5. The van der Waals surface area contributed by atoms with Crippen LogP contribution in [0.5, 0.6) is 0 Å². The summed E-state index contributed by atoms with van der Waals surface area (Å²) in [5.74, 6) is -3.47. The summed E-state index contributed by atoms with van der Waals surface area (Å²) in [6, 6.07) is 9.88. The maximum atomic E-state index is 12.5. The van der Waals surface area contributed by atoms with E-state index in [1.807, 2.05) is 0 Å². The van der Waals surface area contributed by atoms with Crippen LogP contribution >= 0.6 is 0 Å². The lowest BCUT2D eigenvalue weighted by Gasteiger charge is -2.16. The van der Waals surface area contributed by atoms with Crippen molar-refractivity contribution in [2.24, 2.45) is 11.5 Å². The monoisotopic (exact) mass is 339 g/mol. The highest BCUT2D eigenvalue weighted by Gasteiger charge is 2.33. The van der Waals surface area contributed by atoms with Gasteiger partial charge in [0.05, 0.1) is 22.3 Å². The van der Waals surface area contributed by atoms with E-state index in [1.165, 1.54) is 6.07 Å². The first-order valence-corrected chi connectivity index (χ1v) is 7.13. The van der Waals surface area contributed by atoms with Gasteiger partial charge in [-0.25, -0.2) is 0 Å². The van der Waals surface area contributed by atoms with Crippen LogP contribution in [0.15, 0.2) is 36.4 Å². The van der Waals surface area contributed by atoms with E-state index >= 15 is 0 Å². The first-order valence-electron chi connectivity index (χ1n) is 7.13. The van der Waals surface area contributed by atoms with Crippen molar-refractivity contribution in [2.75, 3.05) is 0 Å². The number of amides is 4. The molecular formula is C16H13N5O4. The maximum Gasteiger partial charge on any atom is 0.268 e. The molecule has 4 amide bonds. The molecule has 0 atom stereocenters. The largest absolute Gasteiger partial charge is 0.366 e. The Bertz CT molecular complexity index is 924. The summed E-state index contributed by atoms with van der Waals surface area (Å²) >= 11 is 0. The molecule has 0 saturated carbocycles. The van der Waals surface area contributed by atoms with Crippen molar-refractivity contribution >= 4 is 23.6 Å². The number of primary amides is 2. The first-order chi connectivity index (χ1) is 11.9. The number of carbonyl (C=O) groups is 4. The number of hydrogen-bond acceptors (Lipinski definition) is 5. The summed E-state index contributed by atoms with van der Waals surface area (Å²) in [6.45, 7) is 0. The predicted octanol–water partition coefficient (Wildman–Crippen LogP) is -0.556. The number of nitrogens with two attached hydrogens (primary N) is 2. The zero-order valence-corrected chi connectivity index (χ0v) is 12.8. The van der Waals surface area contributed by atoms with Crippen molar-refractivity contribution in [1.29, 1.82) is 0 Å². The van der Waals surface area contributed by atoms with Crippen LogP contribution in [0.3, 0.4) is 0 Å². The molecule has 1 aliphatic heterocycles. The lowest BCUT2D eigenvalue weighted by Crippen LogP contribution is -2.46. The summed E-state index contributed by atoms with van der Waals surface area (Å²) in [4.78, 5) is 48.6. The van der Waals surface area contributed by atoms with Crippen LogP contribution in [0.25, 0.3) is 11.1 Å². The molecule has 7 N–H and O–H groups in total. The molecule has 2 aromatic rings. The van der Waals surface area contributed by atoms with Gasteiger partial charge in [0.1, 0.15) is 0 Å². The van der Waals surface area contributed by atoms with E-state index in [1.54, 1.807) is 30.3 Å². The fourth-order valence-electron chi connectivity index (χ4n) is 2.71. The minimum absolute atomic E-state index is 0.0903. The maximum absolute atomic E-state index is 12.5. The lowest BCUT2D eigenvalue weighted by molar-refractivity contribution is 0.0896. The number of carbonyl (C=O) groups excluding carboxylic acids is 4. The van der Waals surface area contributed by atoms with Gasteiger partial charge in [0.15, 0.2) is 0 Å². The molecule has 0 fully saturated rings. The van der Waals surface area contributed by atoms with Gasteiger partial charge in [-0.3, -0.25) is 30.0 Å². The normalized spacial score (nSPS) is 13.3. The van der Waals surface area contributed by atoms with Gasteiger partial charge in [0.2, 0.25) is 11.8 Å². The van der Waals surface area contributed by atoms with E-state index in [0.717, 1.165) is 0 Å². The van der Waals surface area contributed by atoms with Crippen molar-refractivity contribution in [3.8, 4) is 11.1 Å². The Hall–Kier alpha value is -3.72. The molecule has 0 aliphatic carbocycles. The molecule has 9 heteroatoms. The Labute approximate surface area is 141 Å². The Morgan fingerprint density at radius 2 is 1.44 bits per heavy atom. The van der Waals surface area contributed by atoms with Gasteiger partial charge in [0, 0.05) is 0 Å². The van der Waals surface area contributed by atoms with E-state index in [0.29, 0.717) is 5.56 Å². The second kappa shape index (κ2) is 6.06. The summed E-state index contributed by atoms with van der Waals surface area (Å²) in [5, 5.41) is 0. The van der Waals surface area contributed by atoms with Crippen LogP contribution < -0.4 is 27.9 Å². The van der Waals surface area contributed by atoms with E-state index in [-0.39, 0.29) is 22.3 Å². The lowest BCUT2D eigenvalue weighted by atomic mass is 9.87. The number of benzene rings is 2. The van der Waals surface area contributed by atoms with Crippen molar-refractivity contribution in [3.63, 3.8) is 0 Å². The van der Waals surface area contributed by atoms with Crippen LogP contribution in [0.4, 0.5) is 0 Å². The third-order valence-electron chi connectivity index (χ3n) is 3.73. The predicted molar refractivity (Wildman–Crippen MR) is 87.0 cm³/mol. The van der Waals surface area contributed by atoms with Crippen LogP contribution in [0.1, 0.15) is 41.4 Å². The van der Waals surface area contributed by atoms with E-state index < -0.39 is 29.2 Å². The quantitative estimate of drug-likeness (QED) is 0.507. The van der Waals surface area contributed by atoms with Gasteiger partial charge >= 0.3 is 0 Å². The van der Waals surface area contributed by atoms with Gasteiger partial charge in [-0.15, -0.1) is 5.53 Å². The van der Waals surface area contributed by atoms with Gasteiger partial charge in [-0.05, 0) is 17.2 Å². The smallest absolute Gasteiger partial charge is 0.268 e. The highest BCUT2D eigenvalue weighted by atomic mass is 16.2. The molecule has 0 radical (unpaired) electrons. The Balaban J connectivity index is 2.49. The molecule has 0 bridgehead atoms. The van der Waals surface area contributed by atoms with Crippen LogP contribution in [-0.4, -0.2) is 23.6 Å². The second-order valence-corrected chi connectivity index (χ2v) is 5.22. The molecule has 0 saturated heterocycles. The van der Waals surface area contributed by atoms with Gasteiger partial charge in [0.25, 0.3) is 11.8 Å². The fourth-order valence-corrected chi connectivity index (χ4v) is 2.71. The number of fused-ring (bicyclic) bond motifs is 1.